The van der Waals surface area contributed by atoms with Crippen molar-refractivity contribution in [1.82, 2.24) is 10.2 Å². The van der Waals surface area contributed by atoms with Crippen LogP contribution in [0.5, 0.6) is 0 Å². The fourth-order valence-electron chi connectivity index (χ4n) is 1.62. The molecule has 0 aromatic carbocycles. The van der Waals surface area contributed by atoms with Gasteiger partial charge in [0.15, 0.2) is 0 Å². The molecular weight excluding hydrogens is 265 g/mol. The third kappa shape index (κ3) is 5.54. The van der Waals surface area contributed by atoms with Gasteiger partial charge in [0.2, 0.25) is 5.91 Å². The average Bonchev–Trinajstić information content (AvgIpc) is 2.29. The van der Waals surface area contributed by atoms with Crippen molar-refractivity contribution in [3.05, 3.63) is 0 Å². The summed E-state index contributed by atoms with van der Waals surface area (Å²) in [5, 5.41) is 2.49. The molecule has 0 bridgehead atoms. The first-order valence-corrected chi connectivity index (χ1v) is 6.52. The Labute approximate surface area is 118 Å². The standard InChI is InChI=1S/C13H24FN3O3/c1-6-9(14)7-17(12(15)20)11(19)10(13(3,4)5)16-8(2)18/h9-10H,6-7H2,1-5H3,(H2,15,20)(H,16,18). The summed E-state index contributed by atoms with van der Waals surface area (Å²) in [6.45, 7) is 7.66. The van der Waals surface area contributed by atoms with Gasteiger partial charge in [0.05, 0.1) is 6.54 Å². The zero-order valence-electron chi connectivity index (χ0n) is 12.7. The smallest absolute Gasteiger partial charge is 0.321 e. The summed E-state index contributed by atoms with van der Waals surface area (Å²) in [7, 11) is 0. The molecule has 7 heteroatoms. The van der Waals surface area contributed by atoms with Crippen LogP contribution < -0.4 is 11.1 Å². The molecule has 3 N–H and O–H groups in total. The number of urea groups is 1. The van der Waals surface area contributed by atoms with Gasteiger partial charge in [-0.3, -0.25) is 14.5 Å². The number of rotatable bonds is 5. The monoisotopic (exact) mass is 289 g/mol. The highest BCUT2D eigenvalue weighted by Gasteiger charge is 2.37. The second kappa shape index (κ2) is 7.21. The molecule has 4 amide bonds. The highest BCUT2D eigenvalue weighted by atomic mass is 19.1. The Morgan fingerprint density at radius 1 is 1.30 bits per heavy atom. The van der Waals surface area contributed by atoms with E-state index in [0.717, 1.165) is 0 Å². The highest BCUT2D eigenvalue weighted by molar-refractivity contribution is 5.98. The lowest BCUT2D eigenvalue weighted by Crippen LogP contribution is -2.57. The molecule has 6 nitrogen and oxygen atoms in total. The molecule has 0 heterocycles. The summed E-state index contributed by atoms with van der Waals surface area (Å²) in [6.07, 6.45) is -1.18. The minimum absolute atomic E-state index is 0.164. The summed E-state index contributed by atoms with van der Waals surface area (Å²) in [4.78, 5) is 35.6. The predicted octanol–water partition coefficient (Wildman–Crippen LogP) is 1.19. The molecule has 0 radical (unpaired) electrons. The van der Waals surface area contributed by atoms with Crippen molar-refractivity contribution in [1.29, 1.82) is 0 Å². The van der Waals surface area contributed by atoms with Crippen molar-refractivity contribution in [3.8, 4) is 0 Å². The van der Waals surface area contributed by atoms with Gasteiger partial charge < -0.3 is 11.1 Å². The molecule has 20 heavy (non-hydrogen) atoms. The first-order chi connectivity index (χ1) is 9.00. The van der Waals surface area contributed by atoms with Crippen LogP contribution in [0.1, 0.15) is 41.0 Å². The zero-order valence-corrected chi connectivity index (χ0v) is 12.7. The second-order valence-electron chi connectivity index (χ2n) is 5.79. The quantitative estimate of drug-likeness (QED) is 0.796. The third-order valence-electron chi connectivity index (χ3n) is 2.82. The molecule has 0 spiro atoms. The van der Waals surface area contributed by atoms with Crippen molar-refractivity contribution in [2.45, 2.75) is 53.3 Å². The van der Waals surface area contributed by atoms with E-state index in [1.165, 1.54) is 6.92 Å². The predicted molar refractivity (Wildman–Crippen MR) is 73.5 cm³/mol. The highest BCUT2D eigenvalue weighted by Crippen LogP contribution is 2.21. The van der Waals surface area contributed by atoms with Gasteiger partial charge in [0.25, 0.3) is 5.91 Å². The Kier molecular flexibility index (Phi) is 6.61. The first-order valence-electron chi connectivity index (χ1n) is 6.52. The van der Waals surface area contributed by atoms with Crippen molar-refractivity contribution >= 4 is 17.8 Å². The SMILES string of the molecule is CCC(F)CN(C(N)=O)C(=O)C(NC(C)=O)C(C)(C)C. The Hall–Kier alpha value is -1.66. The Bertz CT molecular complexity index is 380. The van der Waals surface area contributed by atoms with Crippen LogP contribution in [0.2, 0.25) is 0 Å². The number of alkyl halides is 1. The number of amides is 4. The van der Waals surface area contributed by atoms with E-state index < -0.39 is 42.0 Å². The molecule has 0 aromatic rings. The molecule has 0 aromatic heterocycles. The number of nitrogens with one attached hydrogen (secondary N) is 1. The van der Waals surface area contributed by atoms with Crippen LogP contribution in [-0.4, -0.2) is 41.5 Å². The molecule has 116 valence electrons. The molecule has 0 aliphatic rings. The van der Waals surface area contributed by atoms with E-state index in [-0.39, 0.29) is 6.42 Å². The van der Waals surface area contributed by atoms with Gasteiger partial charge >= 0.3 is 6.03 Å². The van der Waals surface area contributed by atoms with E-state index in [1.54, 1.807) is 27.7 Å². The number of imide groups is 1. The van der Waals surface area contributed by atoms with E-state index in [1.807, 2.05) is 0 Å². The molecule has 2 atom stereocenters. The van der Waals surface area contributed by atoms with Crippen LogP contribution in [0.15, 0.2) is 0 Å². The third-order valence-corrected chi connectivity index (χ3v) is 2.82. The number of halogens is 1. The van der Waals surface area contributed by atoms with Gasteiger partial charge in [0, 0.05) is 6.92 Å². The van der Waals surface area contributed by atoms with Crippen LogP contribution >= 0.6 is 0 Å². The summed E-state index contributed by atoms with van der Waals surface area (Å²) >= 11 is 0. The minimum Gasteiger partial charge on any atom is -0.351 e. The van der Waals surface area contributed by atoms with E-state index in [4.69, 9.17) is 5.73 Å². The lowest BCUT2D eigenvalue weighted by Gasteiger charge is -2.33. The zero-order chi connectivity index (χ0) is 16.1. The van der Waals surface area contributed by atoms with Gasteiger partial charge in [-0.1, -0.05) is 27.7 Å². The largest absolute Gasteiger partial charge is 0.351 e. The molecule has 0 saturated heterocycles. The molecule has 2 unspecified atom stereocenters. The fraction of sp³-hybridized carbons (Fsp3) is 0.769. The summed E-state index contributed by atoms with van der Waals surface area (Å²) in [5.74, 6) is -1.11. The van der Waals surface area contributed by atoms with E-state index in [2.05, 4.69) is 5.32 Å². The molecule has 0 saturated carbocycles. The lowest BCUT2D eigenvalue weighted by atomic mass is 9.85. The van der Waals surface area contributed by atoms with Gasteiger partial charge in [0.1, 0.15) is 12.2 Å². The van der Waals surface area contributed by atoms with Gasteiger partial charge in [-0.05, 0) is 11.8 Å². The van der Waals surface area contributed by atoms with Crippen molar-refractivity contribution < 1.29 is 18.8 Å². The van der Waals surface area contributed by atoms with E-state index >= 15 is 0 Å². The van der Waals surface area contributed by atoms with Gasteiger partial charge in [-0.25, -0.2) is 9.18 Å². The Morgan fingerprint density at radius 3 is 2.10 bits per heavy atom. The van der Waals surface area contributed by atoms with Crippen molar-refractivity contribution in [2.75, 3.05) is 6.54 Å². The van der Waals surface area contributed by atoms with Crippen molar-refractivity contribution in [2.24, 2.45) is 11.1 Å². The topological polar surface area (TPSA) is 92.5 Å². The number of hydrogen-bond acceptors (Lipinski definition) is 3. The maximum atomic E-state index is 13.4. The van der Waals surface area contributed by atoms with Crippen LogP contribution in [-0.2, 0) is 9.59 Å². The maximum Gasteiger partial charge on any atom is 0.321 e. The van der Waals surface area contributed by atoms with Crippen LogP contribution in [0.4, 0.5) is 9.18 Å². The van der Waals surface area contributed by atoms with E-state index in [0.29, 0.717) is 4.90 Å². The Balaban J connectivity index is 5.26. The number of carbonyl (C=O) groups excluding carboxylic acids is 3. The molecule has 0 fully saturated rings. The number of primary amides is 1. The minimum atomic E-state index is -1.34. The van der Waals surface area contributed by atoms with Crippen LogP contribution in [0, 0.1) is 5.41 Å². The Morgan fingerprint density at radius 2 is 1.80 bits per heavy atom. The number of nitrogens with zero attached hydrogens (tertiary/aromatic N) is 1. The molecule has 0 rings (SSSR count). The number of hydrogen-bond donors (Lipinski definition) is 2. The number of nitrogens with two attached hydrogens (primary N) is 1. The van der Waals surface area contributed by atoms with Gasteiger partial charge in [-0.2, -0.15) is 0 Å². The second-order valence-corrected chi connectivity index (χ2v) is 5.79. The van der Waals surface area contributed by atoms with Crippen LogP contribution in [0.25, 0.3) is 0 Å². The first kappa shape index (κ1) is 18.3. The normalized spacial score (nSPS) is 14.3. The summed E-state index contributed by atoms with van der Waals surface area (Å²) in [6, 6.07) is -1.97. The van der Waals surface area contributed by atoms with E-state index in [9.17, 15) is 18.8 Å². The summed E-state index contributed by atoms with van der Waals surface area (Å²) in [5.41, 5.74) is 4.51. The van der Waals surface area contributed by atoms with Crippen molar-refractivity contribution in [3.63, 3.8) is 0 Å². The molecular formula is C13H24FN3O3. The molecule has 0 aliphatic carbocycles. The lowest BCUT2D eigenvalue weighted by molar-refractivity contribution is -0.137. The number of carbonyl (C=O) groups is 3. The fourth-order valence-corrected chi connectivity index (χ4v) is 1.62. The summed E-state index contributed by atoms with van der Waals surface area (Å²) < 4.78 is 13.4. The average molecular weight is 289 g/mol. The van der Waals surface area contributed by atoms with Crippen LogP contribution in [0.3, 0.4) is 0 Å². The molecule has 0 aliphatic heterocycles. The maximum absolute atomic E-state index is 13.4. The van der Waals surface area contributed by atoms with Gasteiger partial charge in [-0.15, -0.1) is 0 Å².